The molecule has 3 N–H and O–H groups in total. The van der Waals surface area contributed by atoms with Gasteiger partial charge in [0, 0.05) is 19.5 Å². The van der Waals surface area contributed by atoms with Crippen LogP contribution in [0.2, 0.25) is 0 Å². The number of hydrogen-bond donors (Lipinski definition) is 2. The number of nitrogens with one attached hydrogen (secondary N) is 1. The summed E-state index contributed by atoms with van der Waals surface area (Å²) < 4.78 is 0. The van der Waals surface area contributed by atoms with Crippen LogP contribution in [0, 0.1) is 5.92 Å². The summed E-state index contributed by atoms with van der Waals surface area (Å²) in [5, 5.41) is 3.01. The van der Waals surface area contributed by atoms with Crippen LogP contribution in [0.15, 0.2) is 24.3 Å². The number of hydrogen-bond acceptors (Lipinski definition) is 3. The minimum absolute atomic E-state index is 0.0899. The number of benzene rings is 1. The van der Waals surface area contributed by atoms with Gasteiger partial charge in [0.25, 0.3) is 0 Å². The Morgan fingerprint density at radius 2 is 1.95 bits per heavy atom. The van der Waals surface area contributed by atoms with Gasteiger partial charge in [-0.05, 0) is 55.9 Å². The monoisotopic (exact) mass is 303 g/mol. The quantitative estimate of drug-likeness (QED) is 0.812. The van der Waals surface area contributed by atoms with E-state index in [2.05, 4.69) is 35.3 Å². The second kappa shape index (κ2) is 8.91. The lowest BCUT2D eigenvalue weighted by Gasteiger charge is -2.30. The third-order valence-corrected chi connectivity index (χ3v) is 4.47. The van der Waals surface area contributed by atoms with E-state index in [-0.39, 0.29) is 5.91 Å². The Labute approximate surface area is 134 Å². The van der Waals surface area contributed by atoms with Crippen LogP contribution in [-0.4, -0.2) is 30.4 Å². The molecule has 0 aromatic heterocycles. The van der Waals surface area contributed by atoms with Gasteiger partial charge in [0.1, 0.15) is 0 Å². The number of likely N-dealkylation sites (tertiary alicyclic amines) is 1. The lowest BCUT2D eigenvalue weighted by molar-refractivity contribution is -0.121. The van der Waals surface area contributed by atoms with E-state index in [9.17, 15) is 4.79 Å². The summed E-state index contributed by atoms with van der Waals surface area (Å²) in [7, 11) is 0. The lowest BCUT2D eigenvalue weighted by Crippen LogP contribution is -2.33. The van der Waals surface area contributed by atoms with E-state index in [1.165, 1.54) is 37.1 Å². The Morgan fingerprint density at radius 3 is 2.64 bits per heavy atom. The van der Waals surface area contributed by atoms with E-state index in [0.717, 1.165) is 18.9 Å². The maximum atomic E-state index is 11.7. The lowest BCUT2D eigenvalue weighted by atomic mass is 9.98. The fraction of sp³-hybridized carbons (Fsp3) is 0.611. The van der Waals surface area contributed by atoms with Crippen molar-refractivity contribution < 1.29 is 4.79 Å². The molecule has 1 aromatic carbocycles. The molecule has 1 fully saturated rings. The summed E-state index contributed by atoms with van der Waals surface area (Å²) in [4.78, 5) is 14.3. The van der Waals surface area contributed by atoms with Crippen molar-refractivity contribution in [2.24, 2.45) is 11.7 Å². The topological polar surface area (TPSA) is 58.4 Å². The number of amides is 1. The van der Waals surface area contributed by atoms with Gasteiger partial charge in [0.05, 0.1) is 0 Å². The molecule has 2 rings (SSSR count). The molecule has 0 atom stereocenters. The number of nitrogens with two attached hydrogens (primary N) is 1. The van der Waals surface area contributed by atoms with E-state index >= 15 is 0 Å². The Hall–Kier alpha value is -1.39. The molecule has 1 aliphatic rings. The molecule has 0 bridgehead atoms. The first-order valence-electron chi connectivity index (χ1n) is 8.45. The molecule has 122 valence electrons. The fourth-order valence-corrected chi connectivity index (χ4v) is 2.89. The van der Waals surface area contributed by atoms with Crippen molar-refractivity contribution in [3.63, 3.8) is 0 Å². The van der Waals surface area contributed by atoms with Gasteiger partial charge in [0.15, 0.2) is 0 Å². The smallest absolute Gasteiger partial charge is 0.220 e. The Morgan fingerprint density at radius 1 is 1.27 bits per heavy atom. The minimum Gasteiger partial charge on any atom is -0.352 e. The van der Waals surface area contributed by atoms with Gasteiger partial charge >= 0.3 is 0 Å². The van der Waals surface area contributed by atoms with Crippen LogP contribution in [0.3, 0.4) is 0 Å². The third-order valence-electron chi connectivity index (χ3n) is 4.47. The van der Waals surface area contributed by atoms with Crippen molar-refractivity contribution in [2.45, 2.75) is 45.7 Å². The van der Waals surface area contributed by atoms with E-state index in [1.807, 2.05) is 6.07 Å². The van der Waals surface area contributed by atoms with Gasteiger partial charge in [-0.15, -0.1) is 0 Å². The first kappa shape index (κ1) is 17.0. The molecular formula is C18H29N3O. The minimum atomic E-state index is 0.0899. The predicted molar refractivity (Wildman–Crippen MR) is 90.3 cm³/mol. The zero-order valence-corrected chi connectivity index (χ0v) is 13.7. The number of piperidine rings is 1. The van der Waals surface area contributed by atoms with Gasteiger partial charge in [0.2, 0.25) is 5.91 Å². The van der Waals surface area contributed by atoms with Crippen molar-refractivity contribution in [1.82, 2.24) is 10.2 Å². The normalized spacial score (nSPS) is 16.6. The van der Waals surface area contributed by atoms with Crippen molar-refractivity contribution in [1.29, 1.82) is 0 Å². The van der Waals surface area contributed by atoms with Gasteiger partial charge in [-0.2, -0.15) is 0 Å². The van der Waals surface area contributed by atoms with Gasteiger partial charge in [-0.25, -0.2) is 0 Å². The Bertz CT molecular complexity index is 467. The number of rotatable bonds is 7. The van der Waals surface area contributed by atoms with Crippen molar-refractivity contribution in [2.75, 3.05) is 19.6 Å². The predicted octanol–water partition coefficient (Wildman–Crippen LogP) is 2.27. The van der Waals surface area contributed by atoms with Crippen LogP contribution in [0.5, 0.6) is 0 Å². The van der Waals surface area contributed by atoms with Gasteiger partial charge in [-0.1, -0.05) is 31.2 Å². The Kier molecular flexibility index (Phi) is 6.87. The zero-order chi connectivity index (χ0) is 15.8. The summed E-state index contributed by atoms with van der Waals surface area (Å²) in [5.41, 5.74) is 7.99. The molecule has 0 radical (unpaired) electrons. The first-order chi connectivity index (χ1) is 10.7. The summed E-state index contributed by atoms with van der Waals surface area (Å²) in [6, 6.07) is 8.43. The van der Waals surface area contributed by atoms with Crippen molar-refractivity contribution in [3.05, 3.63) is 35.4 Å². The molecule has 1 amide bonds. The van der Waals surface area contributed by atoms with Crippen molar-refractivity contribution in [3.8, 4) is 0 Å². The molecule has 0 unspecified atom stereocenters. The number of nitrogens with zero attached hydrogens (tertiary/aromatic N) is 1. The highest BCUT2D eigenvalue weighted by molar-refractivity contribution is 5.75. The molecule has 4 heteroatoms. The molecule has 0 aliphatic carbocycles. The molecular weight excluding hydrogens is 274 g/mol. The van der Waals surface area contributed by atoms with E-state index in [4.69, 9.17) is 5.73 Å². The highest BCUT2D eigenvalue weighted by atomic mass is 16.1. The molecule has 1 saturated heterocycles. The van der Waals surface area contributed by atoms with Gasteiger partial charge < -0.3 is 11.1 Å². The SMILES string of the molecule is CC1CCN(Cc2ccccc2CNC(=O)CCCN)CC1. The molecule has 0 saturated carbocycles. The van der Waals surface area contributed by atoms with Crippen LogP contribution >= 0.6 is 0 Å². The highest BCUT2D eigenvalue weighted by Gasteiger charge is 2.16. The van der Waals surface area contributed by atoms with Crippen LogP contribution in [0.25, 0.3) is 0 Å². The van der Waals surface area contributed by atoms with E-state index in [0.29, 0.717) is 19.5 Å². The molecule has 1 aliphatic heterocycles. The fourth-order valence-electron chi connectivity index (χ4n) is 2.89. The van der Waals surface area contributed by atoms with Crippen LogP contribution < -0.4 is 11.1 Å². The molecule has 1 heterocycles. The summed E-state index contributed by atoms with van der Waals surface area (Å²) in [5.74, 6) is 0.945. The molecule has 22 heavy (non-hydrogen) atoms. The third kappa shape index (κ3) is 5.43. The summed E-state index contributed by atoms with van der Waals surface area (Å²) in [6.45, 7) is 6.86. The maximum absolute atomic E-state index is 11.7. The maximum Gasteiger partial charge on any atom is 0.220 e. The second-order valence-corrected chi connectivity index (χ2v) is 6.40. The average Bonchev–Trinajstić information content (AvgIpc) is 2.54. The average molecular weight is 303 g/mol. The van der Waals surface area contributed by atoms with E-state index < -0.39 is 0 Å². The number of carbonyl (C=O) groups excluding carboxylic acids is 1. The van der Waals surface area contributed by atoms with Crippen LogP contribution in [0.4, 0.5) is 0 Å². The van der Waals surface area contributed by atoms with Crippen LogP contribution in [0.1, 0.15) is 43.7 Å². The Balaban J connectivity index is 1.88. The summed E-state index contributed by atoms with van der Waals surface area (Å²) >= 11 is 0. The largest absolute Gasteiger partial charge is 0.352 e. The standard InChI is InChI=1S/C18H29N3O/c1-15-8-11-21(12-9-15)14-17-6-3-2-5-16(17)13-20-18(22)7-4-10-19/h2-3,5-6,15H,4,7-14,19H2,1H3,(H,20,22). The van der Waals surface area contributed by atoms with Crippen LogP contribution in [-0.2, 0) is 17.9 Å². The van der Waals surface area contributed by atoms with Gasteiger partial charge in [-0.3, -0.25) is 9.69 Å². The highest BCUT2D eigenvalue weighted by Crippen LogP contribution is 2.19. The number of carbonyl (C=O) groups is 1. The molecule has 0 spiro atoms. The molecule has 1 aromatic rings. The zero-order valence-electron chi connectivity index (χ0n) is 13.7. The first-order valence-corrected chi connectivity index (χ1v) is 8.45. The molecule has 4 nitrogen and oxygen atoms in total. The van der Waals surface area contributed by atoms with Crippen molar-refractivity contribution >= 4 is 5.91 Å². The summed E-state index contributed by atoms with van der Waals surface area (Å²) in [6.07, 6.45) is 3.85. The van der Waals surface area contributed by atoms with E-state index in [1.54, 1.807) is 0 Å². The second-order valence-electron chi connectivity index (χ2n) is 6.40.